The Balaban J connectivity index is 2.07. The molecular formula is C11H13N2O4S-. The first kappa shape index (κ1) is 13.0. The topological polar surface area (TPSA) is 81.7 Å². The number of hydrogen-bond donors (Lipinski definition) is 1. The first-order valence-corrected chi connectivity index (χ1v) is 6.50. The van der Waals surface area contributed by atoms with Gasteiger partial charge in [-0.2, -0.15) is 0 Å². The van der Waals surface area contributed by atoms with E-state index < -0.39 is 17.4 Å². The molecule has 0 fully saturated rings. The van der Waals surface area contributed by atoms with Crippen LogP contribution in [0.4, 0.5) is 4.79 Å². The molecule has 1 aromatic rings. The van der Waals surface area contributed by atoms with Crippen molar-refractivity contribution in [1.29, 1.82) is 0 Å². The Labute approximate surface area is 107 Å². The monoisotopic (exact) mass is 269 g/mol. The van der Waals surface area contributed by atoms with Gasteiger partial charge in [0.1, 0.15) is 5.75 Å². The van der Waals surface area contributed by atoms with Crippen LogP contribution in [0.25, 0.3) is 0 Å². The molecule has 1 atom stereocenters. The fraction of sp³-hybridized carbons (Fsp3) is 0.364. The van der Waals surface area contributed by atoms with E-state index in [1.165, 1.54) is 5.56 Å². The quantitative estimate of drug-likeness (QED) is 0.793. The second kappa shape index (κ2) is 5.47. The maximum absolute atomic E-state index is 11.1. The fourth-order valence-electron chi connectivity index (χ4n) is 1.93. The number of fused-ring (bicyclic) bond motifs is 1. The van der Waals surface area contributed by atoms with Gasteiger partial charge < -0.3 is 14.2 Å². The van der Waals surface area contributed by atoms with Crippen molar-refractivity contribution < 1.29 is 18.3 Å². The minimum atomic E-state index is -2.66. The summed E-state index contributed by atoms with van der Waals surface area (Å²) in [5, 5.41) is 0. The summed E-state index contributed by atoms with van der Waals surface area (Å²) in [5.74, 6) is 0.348. The molecule has 0 aliphatic carbocycles. The highest BCUT2D eigenvalue weighted by Crippen LogP contribution is 2.23. The Morgan fingerprint density at radius 3 is 3.00 bits per heavy atom. The number of hydrogen-bond acceptors (Lipinski definition) is 5. The lowest BCUT2D eigenvalue weighted by Gasteiger charge is -2.25. The van der Waals surface area contributed by atoms with Crippen LogP contribution in [0.15, 0.2) is 18.2 Å². The molecule has 18 heavy (non-hydrogen) atoms. The zero-order chi connectivity index (χ0) is 13.1. The van der Waals surface area contributed by atoms with E-state index in [1.807, 2.05) is 13.1 Å². The van der Waals surface area contributed by atoms with Crippen LogP contribution >= 0.6 is 0 Å². The SMILES string of the molecule is CN1CCc2cc(OC(=O)NS(=O)[O-])ccc2C1. The summed E-state index contributed by atoms with van der Waals surface area (Å²) in [5.41, 5.74) is 2.32. The summed E-state index contributed by atoms with van der Waals surface area (Å²) in [6.07, 6.45) is -0.116. The van der Waals surface area contributed by atoms with Crippen LogP contribution in [0.5, 0.6) is 5.75 Å². The van der Waals surface area contributed by atoms with Gasteiger partial charge in [-0.05, 0) is 36.7 Å². The van der Waals surface area contributed by atoms with Crippen molar-refractivity contribution in [3.8, 4) is 5.75 Å². The zero-order valence-corrected chi connectivity index (χ0v) is 10.7. The molecule has 2 rings (SSSR count). The molecule has 6 nitrogen and oxygen atoms in total. The van der Waals surface area contributed by atoms with E-state index >= 15 is 0 Å². The van der Waals surface area contributed by atoms with E-state index in [0.29, 0.717) is 5.75 Å². The van der Waals surface area contributed by atoms with Gasteiger partial charge in [0.25, 0.3) is 0 Å². The minimum Gasteiger partial charge on any atom is -0.755 e. The Morgan fingerprint density at radius 1 is 1.50 bits per heavy atom. The molecule has 1 amide bonds. The summed E-state index contributed by atoms with van der Waals surface area (Å²) in [7, 11) is 2.05. The highest BCUT2D eigenvalue weighted by atomic mass is 32.2. The van der Waals surface area contributed by atoms with Crippen LogP contribution in [0.2, 0.25) is 0 Å². The van der Waals surface area contributed by atoms with Crippen molar-refractivity contribution >= 4 is 17.4 Å². The van der Waals surface area contributed by atoms with E-state index in [-0.39, 0.29) is 0 Å². The number of carbonyl (C=O) groups excluding carboxylic acids is 1. The van der Waals surface area contributed by atoms with Crippen LogP contribution < -0.4 is 9.46 Å². The molecule has 0 saturated carbocycles. The standard InChI is InChI=1S/C11H14N2O4S/c1-13-5-4-8-6-10(3-2-9(8)7-13)17-11(14)12-18(15)16/h2-3,6H,4-5,7H2,1H3,(H,12,14)(H,15,16)/p-1. The van der Waals surface area contributed by atoms with Crippen LogP contribution in [-0.4, -0.2) is 33.3 Å². The predicted octanol–water partition coefficient (Wildman–Crippen LogP) is 0.557. The maximum Gasteiger partial charge on any atom is 0.423 e. The van der Waals surface area contributed by atoms with Crippen LogP contribution in [0, 0.1) is 0 Å². The van der Waals surface area contributed by atoms with Crippen molar-refractivity contribution in [2.45, 2.75) is 13.0 Å². The molecular weight excluding hydrogens is 256 g/mol. The summed E-state index contributed by atoms with van der Waals surface area (Å²) in [6, 6.07) is 5.32. The predicted molar refractivity (Wildman–Crippen MR) is 64.6 cm³/mol. The first-order valence-electron chi connectivity index (χ1n) is 5.42. The molecule has 1 aliphatic rings. The van der Waals surface area contributed by atoms with Crippen LogP contribution in [0.1, 0.15) is 11.1 Å². The highest BCUT2D eigenvalue weighted by molar-refractivity contribution is 7.77. The fourth-order valence-corrected chi connectivity index (χ4v) is 2.11. The molecule has 0 saturated heterocycles. The highest BCUT2D eigenvalue weighted by Gasteiger charge is 2.14. The third-order valence-electron chi connectivity index (χ3n) is 2.76. The second-order valence-electron chi connectivity index (χ2n) is 4.14. The van der Waals surface area contributed by atoms with Gasteiger partial charge in [-0.15, -0.1) is 0 Å². The van der Waals surface area contributed by atoms with Gasteiger partial charge in [0.05, 0.1) is 0 Å². The molecule has 0 radical (unpaired) electrons. The smallest absolute Gasteiger partial charge is 0.423 e. The lowest BCUT2D eigenvalue weighted by molar-refractivity contribution is 0.206. The Kier molecular flexibility index (Phi) is 3.95. The van der Waals surface area contributed by atoms with Crippen molar-refractivity contribution in [1.82, 2.24) is 9.62 Å². The van der Waals surface area contributed by atoms with Crippen molar-refractivity contribution in [3.05, 3.63) is 29.3 Å². The summed E-state index contributed by atoms with van der Waals surface area (Å²) < 4.78 is 27.0. The van der Waals surface area contributed by atoms with Gasteiger partial charge >= 0.3 is 6.09 Å². The molecule has 1 N–H and O–H groups in total. The van der Waals surface area contributed by atoms with Gasteiger partial charge in [-0.25, -0.2) is 4.79 Å². The largest absolute Gasteiger partial charge is 0.755 e. The number of ether oxygens (including phenoxy) is 1. The lowest BCUT2D eigenvalue weighted by atomic mass is 10.00. The van der Waals surface area contributed by atoms with Crippen LogP contribution in [0.3, 0.4) is 0 Å². The third kappa shape index (κ3) is 3.28. The molecule has 0 bridgehead atoms. The third-order valence-corrected chi connectivity index (χ3v) is 3.09. The number of amides is 1. The van der Waals surface area contributed by atoms with Crippen molar-refractivity contribution in [2.24, 2.45) is 0 Å². The number of likely N-dealkylation sites (N-methyl/N-ethyl adjacent to an activating group) is 1. The summed E-state index contributed by atoms with van der Waals surface area (Å²) >= 11 is -2.66. The molecule has 1 aliphatic heterocycles. The Bertz CT molecular complexity index is 492. The van der Waals surface area contributed by atoms with Gasteiger partial charge in [0.2, 0.25) is 0 Å². The average Bonchev–Trinajstić information content (AvgIpc) is 2.28. The minimum absolute atomic E-state index is 0.348. The number of benzene rings is 1. The van der Waals surface area contributed by atoms with E-state index in [0.717, 1.165) is 25.1 Å². The maximum atomic E-state index is 11.1. The number of nitrogens with zero attached hydrogens (tertiary/aromatic N) is 1. The lowest BCUT2D eigenvalue weighted by Crippen LogP contribution is -2.29. The molecule has 7 heteroatoms. The molecule has 1 unspecified atom stereocenters. The number of nitrogens with one attached hydrogen (secondary N) is 1. The normalized spacial score (nSPS) is 16.8. The molecule has 1 aromatic carbocycles. The Hall–Kier alpha value is -1.44. The number of rotatable bonds is 2. The van der Waals surface area contributed by atoms with Crippen LogP contribution in [-0.2, 0) is 24.2 Å². The van der Waals surface area contributed by atoms with Crippen molar-refractivity contribution in [2.75, 3.05) is 13.6 Å². The first-order chi connectivity index (χ1) is 8.54. The van der Waals surface area contributed by atoms with E-state index in [9.17, 15) is 13.6 Å². The van der Waals surface area contributed by atoms with Gasteiger partial charge in [0.15, 0.2) is 0 Å². The van der Waals surface area contributed by atoms with E-state index in [2.05, 4.69) is 4.90 Å². The molecule has 1 heterocycles. The summed E-state index contributed by atoms with van der Waals surface area (Å²) in [4.78, 5) is 13.3. The zero-order valence-electron chi connectivity index (χ0n) is 9.84. The number of carbonyl (C=O) groups is 1. The molecule has 98 valence electrons. The van der Waals surface area contributed by atoms with Gasteiger partial charge in [-0.3, -0.25) is 8.93 Å². The van der Waals surface area contributed by atoms with Crippen molar-refractivity contribution in [3.63, 3.8) is 0 Å². The summed E-state index contributed by atoms with van der Waals surface area (Å²) in [6.45, 7) is 1.82. The van der Waals surface area contributed by atoms with Gasteiger partial charge in [0, 0.05) is 24.4 Å². The van der Waals surface area contributed by atoms with E-state index in [1.54, 1.807) is 16.9 Å². The molecule has 0 aromatic heterocycles. The molecule has 0 spiro atoms. The Morgan fingerprint density at radius 2 is 2.28 bits per heavy atom. The second-order valence-corrected chi connectivity index (χ2v) is 4.82. The van der Waals surface area contributed by atoms with Gasteiger partial charge in [-0.1, -0.05) is 6.07 Å². The average molecular weight is 269 g/mol. The van der Waals surface area contributed by atoms with E-state index in [4.69, 9.17) is 4.74 Å².